The molecule has 1 aliphatic heterocycles. The van der Waals surface area contributed by atoms with Crippen LogP contribution in [0.2, 0.25) is 0 Å². The number of piperidine rings is 1. The van der Waals surface area contributed by atoms with E-state index in [-0.39, 0.29) is 18.4 Å². The number of sulfonamides is 1. The molecular formula is C23H30N2O3S2. The van der Waals surface area contributed by atoms with Crippen LogP contribution < -0.4 is 5.32 Å². The highest BCUT2D eigenvalue weighted by molar-refractivity contribution is 7.98. The molecule has 1 amide bonds. The molecule has 7 heteroatoms. The van der Waals surface area contributed by atoms with Gasteiger partial charge in [0, 0.05) is 31.1 Å². The van der Waals surface area contributed by atoms with Crippen LogP contribution in [0.3, 0.4) is 0 Å². The number of nitrogens with one attached hydrogen (secondary N) is 1. The lowest BCUT2D eigenvalue weighted by Gasteiger charge is -2.31. The Labute approximate surface area is 184 Å². The van der Waals surface area contributed by atoms with Gasteiger partial charge in [-0.15, -0.1) is 0 Å². The quantitative estimate of drug-likeness (QED) is 0.627. The SMILES string of the molecule is Cc1ccc(S(=O)(=O)N2CCCC(C(=O)NCCSCc3ccccc3C)C2)cc1. The van der Waals surface area contributed by atoms with Crippen LogP contribution in [0, 0.1) is 19.8 Å². The minimum atomic E-state index is -3.56. The van der Waals surface area contributed by atoms with Crippen molar-refractivity contribution in [2.24, 2.45) is 5.92 Å². The van der Waals surface area contributed by atoms with Crippen molar-refractivity contribution in [2.45, 2.75) is 37.3 Å². The summed E-state index contributed by atoms with van der Waals surface area (Å²) < 4.78 is 27.3. The fourth-order valence-corrected chi connectivity index (χ4v) is 6.04. The van der Waals surface area contributed by atoms with E-state index in [0.29, 0.717) is 24.4 Å². The van der Waals surface area contributed by atoms with E-state index in [0.717, 1.165) is 23.5 Å². The van der Waals surface area contributed by atoms with Crippen LogP contribution in [0.5, 0.6) is 0 Å². The summed E-state index contributed by atoms with van der Waals surface area (Å²) in [5.41, 5.74) is 3.62. The summed E-state index contributed by atoms with van der Waals surface area (Å²) in [5.74, 6) is 1.42. The van der Waals surface area contributed by atoms with Crippen molar-refractivity contribution in [3.63, 3.8) is 0 Å². The first-order valence-electron chi connectivity index (χ1n) is 10.3. The molecule has 0 spiro atoms. The van der Waals surface area contributed by atoms with Crippen molar-refractivity contribution in [3.8, 4) is 0 Å². The van der Waals surface area contributed by atoms with E-state index in [1.54, 1.807) is 36.0 Å². The van der Waals surface area contributed by atoms with Gasteiger partial charge in [-0.25, -0.2) is 8.42 Å². The largest absolute Gasteiger partial charge is 0.355 e. The number of carbonyl (C=O) groups is 1. The Balaban J connectivity index is 1.47. The molecule has 0 radical (unpaired) electrons. The Hall–Kier alpha value is -1.83. The van der Waals surface area contributed by atoms with Crippen LogP contribution in [-0.4, -0.2) is 44.0 Å². The zero-order valence-electron chi connectivity index (χ0n) is 17.6. The van der Waals surface area contributed by atoms with Gasteiger partial charge in [-0.2, -0.15) is 16.1 Å². The molecule has 2 aromatic rings. The van der Waals surface area contributed by atoms with Crippen molar-refractivity contribution in [1.29, 1.82) is 0 Å². The number of thioether (sulfide) groups is 1. The maximum atomic E-state index is 12.9. The standard InChI is InChI=1S/C23H30N2O3S2/c1-18-9-11-22(12-10-18)30(27,28)25-14-5-8-20(16-25)23(26)24-13-15-29-17-21-7-4-3-6-19(21)2/h3-4,6-7,9-12,20H,5,8,13-17H2,1-2H3,(H,24,26). The molecule has 0 aliphatic carbocycles. The molecule has 1 unspecified atom stereocenters. The molecule has 1 heterocycles. The lowest BCUT2D eigenvalue weighted by Crippen LogP contribution is -2.45. The average molecular weight is 447 g/mol. The van der Waals surface area contributed by atoms with Gasteiger partial charge in [0.25, 0.3) is 0 Å². The Morgan fingerprint density at radius 2 is 1.87 bits per heavy atom. The Kier molecular flexibility index (Phi) is 7.97. The summed E-state index contributed by atoms with van der Waals surface area (Å²) in [6.07, 6.45) is 1.42. The highest BCUT2D eigenvalue weighted by Gasteiger charge is 2.33. The van der Waals surface area contributed by atoms with E-state index in [4.69, 9.17) is 0 Å². The van der Waals surface area contributed by atoms with Crippen molar-refractivity contribution >= 4 is 27.7 Å². The maximum Gasteiger partial charge on any atom is 0.243 e. The van der Waals surface area contributed by atoms with E-state index in [1.165, 1.54) is 15.4 Å². The number of aryl methyl sites for hydroxylation is 2. The number of hydrogen-bond donors (Lipinski definition) is 1. The molecule has 5 nitrogen and oxygen atoms in total. The predicted molar refractivity (Wildman–Crippen MR) is 123 cm³/mol. The minimum absolute atomic E-state index is 0.0460. The molecule has 30 heavy (non-hydrogen) atoms. The van der Waals surface area contributed by atoms with E-state index < -0.39 is 10.0 Å². The first kappa shape index (κ1) is 22.8. The molecule has 1 atom stereocenters. The summed E-state index contributed by atoms with van der Waals surface area (Å²) in [7, 11) is -3.56. The van der Waals surface area contributed by atoms with Crippen molar-refractivity contribution in [1.82, 2.24) is 9.62 Å². The van der Waals surface area contributed by atoms with Gasteiger partial charge in [0.05, 0.1) is 10.8 Å². The summed E-state index contributed by atoms with van der Waals surface area (Å²) in [6.45, 7) is 5.34. The first-order chi connectivity index (χ1) is 14.4. The number of benzene rings is 2. The molecule has 0 aromatic heterocycles. The number of nitrogens with zero attached hydrogens (tertiary/aromatic N) is 1. The predicted octanol–water partition coefficient (Wildman–Crippen LogP) is 3.75. The highest BCUT2D eigenvalue weighted by Crippen LogP contribution is 2.24. The van der Waals surface area contributed by atoms with Crippen LogP contribution in [0.15, 0.2) is 53.4 Å². The average Bonchev–Trinajstić information content (AvgIpc) is 2.75. The molecule has 2 aromatic carbocycles. The van der Waals surface area contributed by atoms with Gasteiger partial charge in [-0.1, -0.05) is 42.0 Å². The second-order valence-electron chi connectivity index (χ2n) is 7.79. The van der Waals surface area contributed by atoms with Crippen LogP contribution in [-0.2, 0) is 20.6 Å². The minimum Gasteiger partial charge on any atom is -0.355 e. The lowest BCUT2D eigenvalue weighted by atomic mass is 9.99. The third kappa shape index (κ3) is 5.86. The van der Waals surface area contributed by atoms with Crippen molar-refractivity contribution in [3.05, 3.63) is 65.2 Å². The van der Waals surface area contributed by atoms with Gasteiger partial charge in [0.15, 0.2) is 0 Å². The molecule has 1 saturated heterocycles. The Morgan fingerprint density at radius 3 is 2.60 bits per heavy atom. The molecule has 0 saturated carbocycles. The molecule has 1 fully saturated rings. The van der Waals surface area contributed by atoms with Crippen molar-refractivity contribution < 1.29 is 13.2 Å². The highest BCUT2D eigenvalue weighted by atomic mass is 32.2. The number of carbonyl (C=O) groups excluding carboxylic acids is 1. The van der Waals surface area contributed by atoms with Gasteiger partial charge in [-0.05, 0) is 49.9 Å². The van der Waals surface area contributed by atoms with Gasteiger partial charge < -0.3 is 5.32 Å². The summed E-state index contributed by atoms with van der Waals surface area (Å²) >= 11 is 1.79. The number of rotatable bonds is 8. The second-order valence-corrected chi connectivity index (χ2v) is 10.8. The fourth-order valence-electron chi connectivity index (χ4n) is 3.58. The van der Waals surface area contributed by atoms with E-state index in [1.807, 2.05) is 19.1 Å². The number of amides is 1. The summed E-state index contributed by atoms with van der Waals surface area (Å²) in [6, 6.07) is 15.2. The zero-order chi connectivity index (χ0) is 21.6. The summed E-state index contributed by atoms with van der Waals surface area (Å²) in [4.78, 5) is 12.9. The van der Waals surface area contributed by atoms with Crippen LogP contribution in [0.25, 0.3) is 0 Å². The fraction of sp³-hybridized carbons (Fsp3) is 0.435. The molecule has 3 rings (SSSR count). The summed E-state index contributed by atoms with van der Waals surface area (Å²) in [5, 5.41) is 2.99. The van der Waals surface area contributed by atoms with Crippen LogP contribution >= 0.6 is 11.8 Å². The van der Waals surface area contributed by atoms with E-state index >= 15 is 0 Å². The van der Waals surface area contributed by atoms with E-state index in [9.17, 15) is 13.2 Å². The monoisotopic (exact) mass is 446 g/mol. The van der Waals surface area contributed by atoms with E-state index in [2.05, 4.69) is 24.4 Å². The third-order valence-corrected chi connectivity index (χ3v) is 8.37. The van der Waals surface area contributed by atoms with Gasteiger partial charge in [0.2, 0.25) is 15.9 Å². The molecule has 1 N–H and O–H groups in total. The van der Waals surface area contributed by atoms with Crippen molar-refractivity contribution in [2.75, 3.05) is 25.4 Å². The van der Waals surface area contributed by atoms with Crippen LogP contribution in [0.1, 0.15) is 29.5 Å². The third-order valence-electron chi connectivity index (χ3n) is 5.48. The topological polar surface area (TPSA) is 66.5 Å². The molecular weight excluding hydrogens is 416 g/mol. The number of hydrogen-bond acceptors (Lipinski definition) is 4. The molecule has 0 bridgehead atoms. The Morgan fingerprint density at radius 1 is 1.13 bits per heavy atom. The van der Waals surface area contributed by atoms with Crippen LogP contribution in [0.4, 0.5) is 0 Å². The molecule has 162 valence electrons. The first-order valence-corrected chi connectivity index (χ1v) is 12.9. The second kappa shape index (κ2) is 10.5. The lowest BCUT2D eigenvalue weighted by molar-refractivity contribution is -0.125. The molecule has 1 aliphatic rings. The zero-order valence-corrected chi connectivity index (χ0v) is 19.3. The van der Waals surface area contributed by atoms with Gasteiger partial charge in [-0.3, -0.25) is 4.79 Å². The normalized spacial score (nSPS) is 17.6. The Bertz CT molecular complexity index is 959. The van der Waals surface area contributed by atoms with Gasteiger partial charge in [0.1, 0.15) is 0 Å². The van der Waals surface area contributed by atoms with Gasteiger partial charge >= 0.3 is 0 Å². The smallest absolute Gasteiger partial charge is 0.243 e. The maximum absolute atomic E-state index is 12.9.